The Bertz CT molecular complexity index is 781. The summed E-state index contributed by atoms with van der Waals surface area (Å²) in [4.78, 5) is 32.5. The summed E-state index contributed by atoms with van der Waals surface area (Å²) in [6, 6.07) is 1.13. The van der Waals surface area contributed by atoms with Crippen LogP contribution >= 0.6 is 0 Å². The minimum absolute atomic E-state index is 0.104. The standard InChI is InChI=1S/C14H16F4N2O3.C4H4O4/c1-8-6-19-2-3-20(8)14(21)22-7-10-11(15)4-9(5-12(10)16)23-13(17)18;5-3(6)1-2-4(7)8/h4-5,8,13,19H,2-3,6-7H2,1H3;1-2H,(H,5,6)(H,7,8)/b;2-1+/t8-;/m1./s1. The maximum atomic E-state index is 13.8. The normalized spacial score (nSPS) is 15.9. The van der Waals surface area contributed by atoms with Crippen molar-refractivity contribution < 1.29 is 51.6 Å². The van der Waals surface area contributed by atoms with Gasteiger partial charge in [-0.15, -0.1) is 0 Å². The molecule has 0 radical (unpaired) electrons. The molecule has 1 aromatic carbocycles. The van der Waals surface area contributed by atoms with Crippen molar-refractivity contribution >= 4 is 18.0 Å². The van der Waals surface area contributed by atoms with E-state index in [-0.39, 0.29) is 6.04 Å². The Kier molecular flexibility index (Phi) is 10.2. The zero-order valence-corrected chi connectivity index (χ0v) is 16.2. The number of ether oxygens (including phenoxy) is 2. The average molecular weight is 452 g/mol. The highest BCUT2D eigenvalue weighted by Crippen LogP contribution is 2.23. The third-order valence-corrected chi connectivity index (χ3v) is 3.78. The molecule has 172 valence electrons. The number of carbonyl (C=O) groups excluding carboxylic acids is 1. The zero-order valence-electron chi connectivity index (χ0n) is 16.2. The van der Waals surface area contributed by atoms with Gasteiger partial charge in [-0.25, -0.2) is 23.2 Å². The molecule has 0 aliphatic carbocycles. The van der Waals surface area contributed by atoms with Gasteiger partial charge in [0.25, 0.3) is 0 Å². The molecule has 0 saturated carbocycles. The number of aliphatic carboxylic acids is 2. The third kappa shape index (κ3) is 9.33. The summed E-state index contributed by atoms with van der Waals surface area (Å²) < 4.78 is 60.4. The molecule has 9 nitrogen and oxygen atoms in total. The zero-order chi connectivity index (χ0) is 23.6. The van der Waals surface area contributed by atoms with E-state index in [0.29, 0.717) is 43.9 Å². The molecule has 1 aliphatic rings. The number of piperazine rings is 1. The first-order chi connectivity index (χ1) is 14.5. The van der Waals surface area contributed by atoms with E-state index in [2.05, 4.69) is 10.1 Å². The Morgan fingerprint density at radius 3 is 2.19 bits per heavy atom. The Labute approximate surface area is 173 Å². The van der Waals surface area contributed by atoms with Crippen LogP contribution in [0.3, 0.4) is 0 Å². The van der Waals surface area contributed by atoms with Crippen LogP contribution in [-0.4, -0.2) is 65.4 Å². The summed E-state index contributed by atoms with van der Waals surface area (Å²) in [7, 11) is 0. The molecule has 0 aromatic heterocycles. The first kappa shape index (κ1) is 25.7. The van der Waals surface area contributed by atoms with Crippen molar-refractivity contribution in [3.05, 3.63) is 41.5 Å². The van der Waals surface area contributed by atoms with Gasteiger partial charge in [0.05, 0.1) is 5.56 Å². The van der Waals surface area contributed by atoms with E-state index in [1.807, 2.05) is 6.92 Å². The van der Waals surface area contributed by atoms with Crippen LogP contribution in [0.25, 0.3) is 0 Å². The third-order valence-electron chi connectivity index (χ3n) is 3.78. The average Bonchev–Trinajstić information content (AvgIpc) is 2.66. The number of halogens is 4. The topological polar surface area (TPSA) is 125 Å². The summed E-state index contributed by atoms with van der Waals surface area (Å²) in [6.45, 7) is -0.398. The number of alkyl halides is 2. The maximum absolute atomic E-state index is 13.8. The predicted octanol–water partition coefficient (Wildman–Crippen LogP) is 2.21. The summed E-state index contributed by atoms with van der Waals surface area (Å²) in [6.07, 6.45) is 0.427. The summed E-state index contributed by atoms with van der Waals surface area (Å²) in [5.41, 5.74) is -0.525. The fourth-order valence-corrected chi connectivity index (χ4v) is 2.36. The maximum Gasteiger partial charge on any atom is 0.410 e. The highest BCUT2D eigenvalue weighted by atomic mass is 19.3. The quantitative estimate of drug-likeness (QED) is 0.443. The number of hydrogen-bond acceptors (Lipinski definition) is 6. The van der Waals surface area contributed by atoms with Crippen molar-refractivity contribution in [3.63, 3.8) is 0 Å². The molecule has 13 heteroatoms. The van der Waals surface area contributed by atoms with Crippen molar-refractivity contribution in [1.29, 1.82) is 0 Å². The van der Waals surface area contributed by atoms with Crippen molar-refractivity contribution in [3.8, 4) is 5.75 Å². The fourth-order valence-electron chi connectivity index (χ4n) is 2.36. The molecule has 31 heavy (non-hydrogen) atoms. The molecule has 1 saturated heterocycles. The second-order valence-corrected chi connectivity index (χ2v) is 6.05. The van der Waals surface area contributed by atoms with Crippen molar-refractivity contribution in [2.75, 3.05) is 19.6 Å². The van der Waals surface area contributed by atoms with Gasteiger partial charge in [-0.1, -0.05) is 0 Å². The largest absolute Gasteiger partial charge is 0.478 e. The monoisotopic (exact) mass is 452 g/mol. The van der Waals surface area contributed by atoms with E-state index < -0.39 is 54.2 Å². The van der Waals surface area contributed by atoms with E-state index in [1.54, 1.807) is 0 Å². The number of amides is 1. The number of rotatable bonds is 6. The van der Waals surface area contributed by atoms with Crippen LogP contribution in [0.15, 0.2) is 24.3 Å². The lowest BCUT2D eigenvalue weighted by molar-refractivity contribution is -0.134. The van der Waals surface area contributed by atoms with Crippen LogP contribution in [0.2, 0.25) is 0 Å². The lowest BCUT2D eigenvalue weighted by Gasteiger charge is -2.33. The van der Waals surface area contributed by atoms with Crippen LogP contribution in [0.4, 0.5) is 22.4 Å². The highest BCUT2D eigenvalue weighted by molar-refractivity contribution is 5.89. The number of hydrogen-bond donors (Lipinski definition) is 3. The molecule has 0 bridgehead atoms. The minimum Gasteiger partial charge on any atom is -0.478 e. The number of nitrogens with zero attached hydrogens (tertiary/aromatic N) is 1. The predicted molar refractivity (Wildman–Crippen MR) is 96.6 cm³/mol. The SMILES string of the molecule is C[C@@H]1CNCCN1C(=O)OCc1c(F)cc(OC(F)F)cc1F.O=C(O)/C=C/C(=O)O. The number of benzene rings is 1. The lowest BCUT2D eigenvalue weighted by atomic mass is 10.2. The summed E-state index contributed by atoms with van der Waals surface area (Å²) >= 11 is 0. The summed E-state index contributed by atoms with van der Waals surface area (Å²) in [5.74, 6) is -5.40. The molecule has 1 heterocycles. The number of nitrogens with one attached hydrogen (secondary N) is 1. The van der Waals surface area contributed by atoms with Crippen molar-refractivity contribution in [2.24, 2.45) is 0 Å². The van der Waals surface area contributed by atoms with Gasteiger partial charge in [-0.3, -0.25) is 0 Å². The highest BCUT2D eigenvalue weighted by Gasteiger charge is 2.25. The second kappa shape index (κ2) is 12.4. The van der Waals surface area contributed by atoms with Gasteiger partial charge < -0.3 is 29.9 Å². The molecule has 1 aromatic rings. The first-order valence-corrected chi connectivity index (χ1v) is 8.72. The van der Waals surface area contributed by atoms with Crippen molar-refractivity contribution in [2.45, 2.75) is 26.2 Å². The van der Waals surface area contributed by atoms with Gasteiger partial charge in [0.15, 0.2) is 0 Å². The summed E-state index contributed by atoms with van der Waals surface area (Å²) in [5, 5.41) is 18.7. The number of carbonyl (C=O) groups is 3. The van der Waals surface area contributed by atoms with Crippen molar-refractivity contribution in [1.82, 2.24) is 10.2 Å². The Balaban J connectivity index is 0.000000512. The smallest absolute Gasteiger partial charge is 0.410 e. The first-order valence-electron chi connectivity index (χ1n) is 8.72. The molecular formula is C18H20F4N2O7. The van der Waals surface area contributed by atoms with Gasteiger partial charge in [0.1, 0.15) is 24.0 Å². The molecule has 1 atom stereocenters. The van der Waals surface area contributed by atoms with E-state index in [4.69, 9.17) is 14.9 Å². The molecule has 3 N–H and O–H groups in total. The minimum atomic E-state index is -3.19. The van der Waals surface area contributed by atoms with E-state index >= 15 is 0 Å². The van der Waals surface area contributed by atoms with Gasteiger partial charge in [-0.2, -0.15) is 8.78 Å². The van der Waals surface area contributed by atoms with E-state index in [0.717, 1.165) is 0 Å². The molecule has 1 aliphatic heterocycles. The van der Waals surface area contributed by atoms with Gasteiger partial charge >= 0.3 is 24.6 Å². The molecule has 1 amide bonds. The van der Waals surface area contributed by atoms with E-state index in [9.17, 15) is 31.9 Å². The fraction of sp³-hybridized carbons (Fsp3) is 0.389. The molecule has 0 spiro atoms. The van der Waals surface area contributed by atoms with Crippen LogP contribution in [0.5, 0.6) is 5.75 Å². The van der Waals surface area contributed by atoms with Crippen LogP contribution < -0.4 is 10.1 Å². The van der Waals surface area contributed by atoms with Gasteiger partial charge in [0, 0.05) is 50.0 Å². The number of carboxylic acids is 2. The molecule has 2 rings (SSSR count). The molecular weight excluding hydrogens is 432 g/mol. The van der Waals surface area contributed by atoms with Gasteiger partial charge in [-0.05, 0) is 6.92 Å². The van der Waals surface area contributed by atoms with Crippen LogP contribution in [0.1, 0.15) is 12.5 Å². The lowest BCUT2D eigenvalue weighted by Crippen LogP contribution is -2.52. The van der Waals surface area contributed by atoms with E-state index in [1.165, 1.54) is 4.90 Å². The Morgan fingerprint density at radius 1 is 1.19 bits per heavy atom. The molecule has 0 unspecified atom stereocenters. The number of carboxylic acid groups (broad SMARTS) is 2. The van der Waals surface area contributed by atoms with Crippen LogP contribution in [-0.2, 0) is 20.9 Å². The van der Waals surface area contributed by atoms with Gasteiger partial charge in [0.2, 0.25) is 0 Å². The Hall–Kier alpha value is -3.35. The molecule has 1 fully saturated rings. The van der Waals surface area contributed by atoms with Crippen LogP contribution in [0, 0.1) is 11.6 Å². The second-order valence-electron chi connectivity index (χ2n) is 6.05. The Morgan fingerprint density at radius 2 is 1.74 bits per heavy atom.